The normalized spacial score (nSPS) is 30.1. The molecular weight excluding hydrogens is 436 g/mol. The van der Waals surface area contributed by atoms with E-state index >= 15 is 0 Å². The first-order valence-corrected chi connectivity index (χ1v) is 9.52. The molecule has 2 aliphatic rings. The third kappa shape index (κ3) is 6.11. The van der Waals surface area contributed by atoms with Crippen LogP contribution in [0.1, 0.15) is 25.7 Å². The lowest BCUT2D eigenvalue weighted by Crippen LogP contribution is -2.59. The molecule has 0 saturated carbocycles. The van der Waals surface area contributed by atoms with Gasteiger partial charge in [-0.2, -0.15) is 0 Å². The minimum Gasteiger partial charge on any atom is -0.481 e. The molecule has 32 heavy (non-hydrogen) atoms. The summed E-state index contributed by atoms with van der Waals surface area (Å²) in [7, 11) is 0. The van der Waals surface area contributed by atoms with Gasteiger partial charge in [-0.25, -0.2) is 0 Å². The average molecular weight is 460 g/mol. The van der Waals surface area contributed by atoms with E-state index in [0.717, 1.165) is 0 Å². The molecule has 0 radical (unpaired) electrons. The van der Waals surface area contributed by atoms with E-state index in [1.807, 2.05) is 0 Å². The second-order valence-electron chi connectivity index (χ2n) is 7.40. The Labute approximate surface area is 180 Å². The molecule has 1 aliphatic carbocycles. The van der Waals surface area contributed by atoms with Crippen LogP contribution in [0.5, 0.6) is 0 Å². The summed E-state index contributed by atoms with van der Waals surface area (Å²) in [5.74, 6) is -5.93. The lowest BCUT2D eigenvalue weighted by molar-refractivity contribution is -0.292. The molecule has 178 valence electrons. The summed E-state index contributed by atoms with van der Waals surface area (Å²) in [5, 5.41) is 66.1. The highest BCUT2D eigenvalue weighted by Gasteiger charge is 2.45. The summed E-state index contributed by atoms with van der Waals surface area (Å²) in [5.41, 5.74) is 0.122. The van der Waals surface area contributed by atoms with Crippen LogP contribution in [0.25, 0.3) is 0 Å². The number of esters is 1. The van der Waals surface area contributed by atoms with Crippen LogP contribution < -0.4 is 0 Å². The van der Waals surface area contributed by atoms with Crippen LogP contribution in [0.3, 0.4) is 0 Å². The number of rotatable bonds is 10. The zero-order valence-electron chi connectivity index (χ0n) is 16.7. The Morgan fingerprint density at radius 1 is 0.875 bits per heavy atom. The van der Waals surface area contributed by atoms with E-state index in [0.29, 0.717) is 0 Å². The van der Waals surface area contributed by atoms with Gasteiger partial charge in [0.1, 0.15) is 24.4 Å². The number of hydrogen-bond acceptors (Lipinski definition) is 10. The predicted molar refractivity (Wildman–Crippen MR) is 99.8 cm³/mol. The van der Waals surface area contributed by atoms with Crippen LogP contribution in [-0.2, 0) is 28.7 Å². The molecule has 0 aromatic carbocycles. The zero-order valence-corrected chi connectivity index (χ0v) is 16.7. The third-order valence-corrected chi connectivity index (χ3v) is 5.12. The molecule has 0 aromatic rings. The standard InChI is InChI=1S/C19H24O13/c20-6-11-16(28)17(29)18(30)19(31-11)32-15(27)3-8-1-7(2-12(21)22)9(4-13(23)24)10(8)5-14(25)26/h1,8,11,16-20,28-30H,2-6H2,(H,21,22)(H,23,24)(H,25,26)/t8?,11-,16-,17+,18-,19?/m1/s1. The van der Waals surface area contributed by atoms with Crippen LogP contribution in [0.4, 0.5) is 0 Å². The number of hydrogen-bond donors (Lipinski definition) is 7. The smallest absolute Gasteiger partial charge is 0.309 e. The molecule has 0 aromatic heterocycles. The Balaban J connectivity index is 2.22. The van der Waals surface area contributed by atoms with Gasteiger partial charge in [0.05, 0.1) is 32.3 Å². The second-order valence-corrected chi connectivity index (χ2v) is 7.40. The van der Waals surface area contributed by atoms with Crippen LogP contribution in [0.2, 0.25) is 0 Å². The molecule has 0 bridgehead atoms. The Kier molecular flexibility index (Phi) is 8.46. The van der Waals surface area contributed by atoms with E-state index in [1.165, 1.54) is 6.08 Å². The van der Waals surface area contributed by atoms with Gasteiger partial charge in [0.2, 0.25) is 6.29 Å². The number of aliphatic hydroxyl groups is 4. The number of carbonyl (C=O) groups is 4. The number of aliphatic hydroxyl groups excluding tert-OH is 4. The SMILES string of the molecule is O=C(O)CC1=CC(CC(=O)OC2O[C@H](CO)[C@@H](O)[C@H](O)[C@H]2O)C(CC(=O)O)=C1CC(=O)O. The van der Waals surface area contributed by atoms with E-state index in [1.54, 1.807) is 0 Å². The van der Waals surface area contributed by atoms with E-state index in [4.69, 9.17) is 19.7 Å². The summed E-state index contributed by atoms with van der Waals surface area (Å²) in [6.07, 6.45) is -9.44. The molecule has 6 atom stereocenters. The van der Waals surface area contributed by atoms with Gasteiger partial charge in [-0.1, -0.05) is 6.08 Å². The lowest BCUT2D eigenvalue weighted by atomic mass is 9.92. The monoisotopic (exact) mass is 460 g/mol. The van der Waals surface area contributed by atoms with Crippen molar-refractivity contribution in [1.82, 2.24) is 0 Å². The molecule has 13 heteroatoms. The Morgan fingerprint density at radius 3 is 2.00 bits per heavy atom. The largest absolute Gasteiger partial charge is 0.481 e. The maximum absolute atomic E-state index is 12.4. The zero-order chi connectivity index (χ0) is 24.2. The Hall–Kier alpha value is -2.84. The van der Waals surface area contributed by atoms with Crippen molar-refractivity contribution >= 4 is 23.9 Å². The first kappa shape index (κ1) is 25.4. The summed E-state index contributed by atoms with van der Waals surface area (Å²) in [6, 6.07) is 0. The first-order valence-electron chi connectivity index (χ1n) is 9.52. The lowest BCUT2D eigenvalue weighted by Gasteiger charge is -2.39. The summed E-state index contributed by atoms with van der Waals surface area (Å²) >= 11 is 0. The molecule has 0 amide bonds. The molecule has 0 spiro atoms. The van der Waals surface area contributed by atoms with Gasteiger partial charge in [-0.3, -0.25) is 19.2 Å². The fourth-order valence-corrected chi connectivity index (χ4v) is 3.69. The summed E-state index contributed by atoms with van der Waals surface area (Å²) in [4.78, 5) is 46.0. The first-order chi connectivity index (χ1) is 14.9. The van der Waals surface area contributed by atoms with Crippen molar-refractivity contribution in [3.05, 3.63) is 22.8 Å². The molecule has 2 rings (SSSR count). The molecule has 1 saturated heterocycles. The van der Waals surface area contributed by atoms with Gasteiger partial charge in [0.15, 0.2) is 0 Å². The van der Waals surface area contributed by atoms with Gasteiger partial charge in [-0.15, -0.1) is 0 Å². The van der Waals surface area contributed by atoms with E-state index in [2.05, 4.69) is 0 Å². The molecule has 1 heterocycles. The number of carboxylic acids is 3. The maximum Gasteiger partial charge on any atom is 0.309 e. The molecule has 2 unspecified atom stereocenters. The number of carbonyl (C=O) groups excluding carboxylic acids is 1. The summed E-state index contributed by atoms with van der Waals surface area (Å²) in [6.45, 7) is -0.743. The van der Waals surface area contributed by atoms with E-state index < -0.39 is 92.8 Å². The fraction of sp³-hybridized carbons (Fsp3) is 0.579. The van der Waals surface area contributed by atoms with Crippen molar-refractivity contribution in [3.63, 3.8) is 0 Å². The third-order valence-electron chi connectivity index (χ3n) is 5.12. The predicted octanol–water partition coefficient (Wildman–Crippen LogP) is -2.00. The van der Waals surface area contributed by atoms with Gasteiger partial charge >= 0.3 is 23.9 Å². The minimum absolute atomic E-state index is 0.00735. The summed E-state index contributed by atoms with van der Waals surface area (Å²) < 4.78 is 10.1. The Morgan fingerprint density at radius 2 is 1.47 bits per heavy atom. The van der Waals surface area contributed by atoms with Crippen molar-refractivity contribution in [2.75, 3.05) is 6.61 Å². The molecule has 1 aliphatic heterocycles. The van der Waals surface area contributed by atoms with Crippen molar-refractivity contribution in [2.45, 2.75) is 56.4 Å². The van der Waals surface area contributed by atoms with Gasteiger partial charge in [0.25, 0.3) is 0 Å². The highest BCUT2D eigenvalue weighted by Crippen LogP contribution is 2.39. The highest BCUT2D eigenvalue weighted by molar-refractivity contribution is 5.81. The van der Waals surface area contributed by atoms with E-state index in [-0.39, 0.29) is 16.7 Å². The van der Waals surface area contributed by atoms with Gasteiger partial charge in [0, 0.05) is 5.92 Å². The van der Waals surface area contributed by atoms with Crippen LogP contribution >= 0.6 is 0 Å². The van der Waals surface area contributed by atoms with Crippen LogP contribution in [0, 0.1) is 5.92 Å². The van der Waals surface area contributed by atoms with Gasteiger partial charge in [-0.05, 0) is 16.7 Å². The molecule has 7 N–H and O–H groups in total. The topological polar surface area (TPSA) is 228 Å². The van der Waals surface area contributed by atoms with Crippen molar-refractivity contribution in [3.8, 4) is 0 Å². The molecule has 13 nitrogen and oxygen atoms in total. The number of ether oxygens (including phenoxy) is 2. The van der Waals surface area contributed by atoms with Crippen LogP contribution in [-0.4, -0.2) is 96.9 Å². The van der Waals surface area contributed by atoms with Crippen LogP contribution in [0.15, 0.2) is 22.8 Å². The number of carboxylic acid groups (broad SMARTS) is 3. The highest BCUT2D eigenvalue weighted by atomic mass is 16.7. The van der Waals surface area contributed by atoms with Crippen molar-refractivity contribution in [1.29, 1.82) is 0 Å². The second kappa shape index (κ2) is 10.7. The minimum atomic E-state index is -1.84. The molecular formula is C19H24O13. The van der Waals surface area contributed by atoms with Gasteiger partial charge < -0.3 is 45.2 Å². The van der Waals surface area contributed by atoms with Crippen molar-refractivity contribution < 1.29 is 64.4 Å². The number of allylic oxidation sites excluding steroid dienone is 1. The van der Waals surface area contributed by atoms with E-state index in [9.17, 15) is 44.7 Å². The molecule has 1 fully saturated rings. The maximum atomic E-state index is 12.4. The quantitative estimate of drug-likeness (QED) is 0.175. The Bertz CT molecular complexity index is 827. The number of aliphatic carboxylic acids is 3. The van der Waals surface area contributed by atoms with Crippen molar-refractivity contribution in [2.24, 2.45) is 5.92 Å². The average Bonchev–Trinajstić information content (AvgIpc) is 2.96. The fourth-order valence-electron chi connectivity index (χ4n) is 3.69.